The summed E-state index contributed by atoms with van der Waals surface area (Å²) in [4.78, 5) is 0. The monoisotopic (exact) mass is 634 g/mol. The topological polar surface area (TPSA) is 162 Å². The minimum Gasteiger partial charge on any atom is -0.394 e. The van der Waals surface area contributed by atoms with E-state index in [2.05, 4.69) is 0 Å². The van der Waals surface area contributed by atoms with Gasteiger partial charge in [-0.3, -0.25) is 0 Å². The van der Waals surface area contributed by atoms with E-state index in [1.54, 1.807) is 7.11 Å². The minimum atomic E-state index is -0.146. The number of aliphatic hydroxyl groups excluding tert-OH is 3. The fourth-order valence-corrected chi connectivity index (χ4v) is 2.67. The summed E-state index contributed by atoms with van der Waals surface area (Å²) >= 11 is 0. The lowest BCUT2D eigenvalue weighted by Gasteiger charge is -2.20. The van der Waals surface area contributed by atoms with Crippen LogP contribution in [0, 0.1) is 0 Å². The Morgan fingerprint density at radius 1 is 0.372 bits per heavy atom. The molecule has 4 atom stereocenters. The summed E-state index contributed by atoms with van der Waals surface area (Å²) in [5, 5.41) is 25.8. The van der Waals surface area contributed by atoms with Crippen molar-refractivity contribution in [2.75, 3.05) is 139 Å². The number of hydrogen-bond acceptors (Lipinski definition) is 14. The number of hydrogen-bond donors (Lipinski definition) is 3. The molecule has 0 aliphatic carbocycles. The highest BCUT2D eigenvalue weighted by Gasteiger charge is 2.10. The largest absolute Gasteiger partial charge is 0.394 e. The van der Waals surface area contributed by atoms with Crippen LogP contribution in [0.3, 0.4) is 0 Å². The quantitative estimate of drug-likeness (QED) is 0.0846. The normalized spacial score (nSPS) is 14.2. The van der Waals surface area contributed by atoms with Crippen LogP contribution in [0.1, 0.15) is 27.7 Å². The van der Waals surface area contributed by atoms with Crippen LogP contribution in [0.2, 0.25) is 0 Å². The fourth-order valence-electron chi connectivity index (χ4n) is 2.67. The molecule has 0 aromatic rings. The zero-order valence-electron chi connectivity index (χ0n) is 27.3. The van der Waals surface area contributed by atoms with Crippen molar-refractivity contribution < 1.29 is 67.4 Å². The zero-order valence-corrected chi connectivity index (χ0v) is 27.3. The van der Waals surface area contributed by atoms with Gasteiger partial charge < -0.3 is 67.4 Å². The Hall–Kier alpha value is -0.560. The van der Waals surface area contributed by atoms with E-state index in [4.69, 9.17) is 67.4 Å². The van der Waals surface area contributed by atoms with Gasteiger partial charge in [0.2, 0.25) is 0 Å². The number of rotatable bonds is 33. The molecule has 0 heterocycles. The van der Waals surface area contributed by atoms with E-state index in [9.17, 15) is 0 Å². The van der Waals surface area contributed by atoms with Gasteiger partial charge in [-0.25, -0.2) is 0 Å². The molecule has 3 N–H and O–H groups in total. The van der Waals surface area contributed by atoms with Gasteiger partial charge in [0.25, 0.3) is 0 Å². The third kappa shape index (κ3) is 39.4. The minimum absolute atomic E-state index is 0.00935. The Kier molecular flexibility index (Phi) is 39.0. The fraction of sp³-hybridized carbons (Fsp3) is 1.00. The molecular weight excluding hydrogens is 572 g/mol. The molecule has 0 aliphatic heterocycles. The maximum absolute atomic E-state index is 8.81. The van der Waals surface area contributed by atoms with Crippen molar-refractivity contribution in [3.63, 3.8) is 0 Å². The molecular formula is C29H62O14. The van der Waals surface area contributed by atoms with E-state index >= 15 is 0 Å². The van der Waals surface area contributed by atoms with Gasteiger partial charge in [-0.05, 0) is 27.7 Å². The van der Waals surface area contributed by atoms with Crippen molar-refractivity contribution >= 4 is 0 Å². The van der Waals surface area contributed by atoms with Crippen molar-refractivity contribution in [3.8, 4) is 0 Å². The smallest absolute Gasteiger partial charge is 0.0781 e. The lowest BCUT2D eigenvalue weighted by atomic mass is 10.3. The molecule has 0 fully saturated rings. The third-order valence-electron chi connectivity index (χ3n) is 5.21. The molecule has 0 radical (unpaired) electrons. The van der Waals surface area contributed by atoms with Crippen LogP contribution in [0.4, 0.5) is 0 Å². The first-order valence-electron chi connectivity index (χ1n) is 15.1. The summed E-state index contributed by atoms with van der Waals surface area (Å²) in [7, 11) is 1.66. The van der Waals surface area contributed by atoms with E-state index in [1.807, 2.05) is 27.7 Å². The van der Waals surface area contributed by atoms with Gasteiger partial charge in [0, 0.05) is 7.11 Å². The van der Waals surface area contributed by atoms with Crippen molar-refractivity contribution in [1.29, 1.82) is 0 Å². The molecule has 262 valence electrons. The number of ether oxygens (including phenoxy) is 11. The van der Waals surface area contributed by atoms with Crippen molar-refractivity contribution in [2.24, 2.45) is 0 Å². The van der Waals surface area contributed by atoms with E-state index in [1.165, 1.54) is 0 Å². The zero-order chi connectivity index (χ0) is 32.2. The summed E-state index contributed by atoms with van der Waals surface area (Å²) in [6.45, 7) is 16.1. The van der Waals surface area contributed by atoms with Gasteiger partial charge in [-0.1, -0.05) is 0 Å². The van der Waals surface area contributed by atoms with Crippen molar-refractivity contribution in [1.82, 2.24) is 0 Å². The summed E-state index contributed by atoms with van der Waals surface area (Å²) in [6, 6.07) is 0. The summed E-state index contributed by atoms with van der Waals surface area (Å²) in [6.07, 6.45) is -0.0314. The summed E-state index contributed by atoms with van der Waals surface area (Å²) < 4.78 is 58.3. The number of aliphatic hydroxyl groups is 3. The average Bonchev–Trinajstić information content (AvgIpc) is 3.02. The second-order valence-electron chi connectivity index (χ2n) is 9.39. The predicted octanol–water partition coefficient (Wildman–Crippen LogP) is 0.316. The second-order valence-corrected chi connectivity index (χ2v) is 9.39. The van der Waals surface area contributed by atoms with E-state index in [0.717, 1.165) is 0 Å². The highest BCUT2D eigenvalue weighted by atomic mass is 16.6. The SMILES string of the molecule is COC(C)COC(C)COC(C)COC(C)CO.OCCOCCOCCOCCOCCOCCOCCOCCO. The van der Waals surface area contributed by atoms with Crippen molar-refractivity contribution in [3.05, 3.63) is 0 Å². The average molecular weight is 635 g/mol. The van der Waals surface area contributed by atoms with Crippen LogP contribution >= 0.6 is 0 Å². The first-order chi connectivity index (χ1) is 20.9. The Labute approximate surface area is 259 Å². The summed E-state index contributed by atoms with van der Waals surface area (Å²) in [5.41, 5.74) is 0. The van der Waals surface area contributed by atoms with Crippen LogP contribution in [-0.4, -0.2) is 179 Å². The Bertz CT molecular complexity index is 464. The van der Waals surface area contributed by atoms with Crippen molar-refractivity contribution in [2.45, 2.75) is 52.1 Å². The van der Waals surface area contributed by atoms with Crippen LogP contribution in [-0.2, 0) is 52.1 Å². The van der Waals surface area contributed by atoms with E-state index in [0.29, 0.717) is 112 Å². The molecule has 0 bridgehead atoms. The predicted molar refractivity (Wildman–Crippen MR) is 160 cm³/mol. The molecule has 4 unspecified atom stereocenters. The van der Waals surface area contributed by atoms with Crippen LogP contribution in [0.25, 0.3) is 0 Å². The highest BCUT2D eigenvalue weighted by Crippen LogP contribution is 2.01. The Morgan fingerprint density at radius 3 is 0.884 bits per heavy atom. The molecule has 0 aromatic heterocycles. The second kappa shape index (κ2) is 37.6. The first kappa shape index (κ1) is 44.6. The van der Waals surface area contributed by atoms with Gasteiger partial charge in [0.05, 0.1) is 157 Å². The molecule has 0 aliphatic rings. The molecule has 14 nitrogen and oxygen atoms in total. The standard InChI is InChI=1S/C16H34O9.C13H28O5/c17-1-3-19-5-7-21-9-11-23-13-15-25-16-14-24-12-10-22-8-6-20-4-2-18;1-10(6-14)16-8-12(3)18-9-13(4)17-7-11(2)15-5/h17-18H,1-16H2;10-14H,6-9H2,1-5H3. The van der Waals surface area contributed by atoms with Gasteiger partial charge >= 0.3 is 0 Å². The maximum atomic E-state index is 8.81. The molecule has 0 amide bonds. The molecule has 0 saturated carbocycles. The third-order valence-corrected chi connectivity index (χ3v) is 5.21. The number of methoxy groups -OCH3 is 1. The highest BCUT2D eigenvalue weighted by molar-refractivity contribution is 4.56. The molecule has 0 aromatic carbocycles. The van der Waals surface area contributed by atoms with Gasteiger partial charge in [0.1, 0.15) is 0 Å². The van der Waals surface area contributed by atoms with Crippen LogP contribution < -0.4 is 0 Å². The van der Waals surface area contributed by atoms with E-state index < -0.39 is 0 Å². The van der Waals surface area contributed by atoms with Gasteiger partial charge in [-0.2, -0.15) is 0 Å². The van der Waals surface area contributed by atoms with Gasteiger partial charge in [-0.15, -0.1) is 0 Å². The maximum Gasteiger partial charge on any atom is 0.0781 e. The molecule has 14 heteroatoms. The molecule has 0 spiro atoms. The lowest BCUT2D eigenvalue weighted by molar-refractivity contribution is -0.0854. The van der Waals surface area contributed by atoms with Crippen LogP contribution in [0.15, 0.2) is 0 Å². The summed E-state index contributed by atoms with van der Waals surface area (Å²) in [5.74, 6) is 0. The Morgan fingerprint density at radius 2 is 0.628 bits per heavy atom. The first-order valence-corrected chi connectivity index (χ1v) is 15.1. The lowest BCUT2D eigenvalue weighted by Crippen LogP contribution is -2.27. The van der Waals surface area contributed by atoms with E-state index in [-0.39, 0.29) is 44.2 Å². The Balaban J connectivity index is 0. The molecule has 0 saturated heterocycles. The van der Waals surface area contributed by atoms with Crippen LogP contribution in [0.5, 0.6) is 0 Å². The molecule has 43 heavy (non-hydrogen) atoms. The van der Waals surface area contributed by atoms with Gasteiger partial charge in [0.15, 0.2) is 0 Å². The molecule has 0 rings (SSSR count).